The van der Waals surface area contributed by atoms with Gasteiger partial charge in [0.15, 0.2) is 0 Å². The SMILES string of the molecule is CN(C)C(Cl)=CC=[N+].[Cl-]. The molecular weight excluding hydrogens is 159 g/mol. The molecule has 52 valence electrons. The van der Waals surface area contributed by atoms with E-state index in [0.717, 1.165) is 6.21 Å². The van der Waals surface area contributed by atoms with Crippen molar-refractivity contribution in [1.29, 1.82) is 0 Å². The predicted octanol–water partition coefficient (Wildman–Crippen LogP) is -2.50. The fourth-order valence-corrected chi connectivity index (χ4v) is 0.267. The van der Waals surface area contributed by atoms with Crippen LogP contribution in [0.1, 0.15) is 0 Å². The van der Waals surface area contributed by atoms with Gasteiger partial charge in [0, 0.05) is 14.1 Å². The smallest absolute Gasteiger partial charge is 0.419 e. The summed E-state index contributed by atoms with van der Waals surface area (Å²) < 4.78 is 0. The second-order valence-electron chi connectivity index (χ2n) is 1.53. The van der Waals surface area contributed by atoms with E-state index in [4.69, 9.17) is 17.0 Å². The molecule has 0 aliphatic carbocycles. The zero-order valence-corrected chi connectivity index (χ0v) is 6.82. The fraction of sp³-hybridized carbons (Fsp3) is 0.400. The normalized spacial score (nSPS) is 9.89. The van der Waals surface area contributed by atoms with Gasteiger partial charge in [0.1, 0.15) is 5.16 Å². The van der Waals surface area contributed by atoms with Gasteiger partial charge < -0.3 is 17.3 Å². The maximum Gasteiger partial charge on any atom is 0.419 e. The molecule has 0 saturated heterocycles. The maximum absolute atomic E-state index is 8.17. The number of hydrogen-bond donors (Lipinski definition) is 0. The molecule has 0 bridgehead atoms. The minimum atomic E-state index is 0. The molecule has 0 atom stereocenters. The highest BCUT2D eigenvalue weighted by Crippen LogP contribution is 2.00. The molecule has 2 radical (unpaired) electrons. The quantitative estimate of drug-likeness (QED) is 0.330. The molecule has 0 heterocycles. The standard InChI is InChI=1S/C5H8ClN2.ClH/c1-8(2)5(6)3-4-7;/h3-4H,1-2H3;1H/q+1;/p-1. The summed E-state index contributed by atoms with van der Waals surface area (Å²) in [6.07, 6.45) is 2.31. The average Bonchev–Trinajstić information content (AvgIpc) is 1.67. The van der Waals surface area contributed by atoms with Gasteiger partial charge in [-0.25, -0.2) is 0 Å². The Morgan fingerprint density at radius 3 is 2.11 bits per heavy atom. The van der Waals surface area contributed by atoms with Crippen LogP contribution in [0, 0.1) is 0 Å². The van der Waals surface area contributed by atoms with Gasteiger partial charge in [-0.2, -0.15) is 0 Å². The van der Waals surface area contributed by atoms with Crippen molar-refractivity contribution in [2.45, 2.75) is 0 Å². The molecule has 9 heavy (non-hydrogen) atoms. The molecule has 0 aliphatic heterocycles. The van der Waals surface area contributed by atoms with Crippen LogP contribution in [0.3, 0.4) is 0 Å². The summed E-state index contributed by atoms with van der Waals surface area (Å²) >= 11 is 5.51. The lowest BCUT2D eigenvalue weighted by molar-refractivity contribution is -0.00000182. The first kappa shape index (κ1) is 11.6. The zero-order chi connectivity index (χ0) is 6.57. The zero-order valence-electron chi connectivity index (χ0n) is 5.31. The van der Waals surface area contributed by atoms with Crippen molar-refractivity contribution < 1.29 is 12.4 Å². The topological polar surface area (TPSA) is 25.5 Å². The Morgan fingerprint density at radius 2 is 2.00 bits per heavy atom. The van der Waals surface area contributed by atoms with E-state index in [1.165, 1.54) is 6.08 Å². The van der Waals surface area contributed by atoms with Crippen molar-refractivity contribution in [2.75, 3.05) is 14.1 Å². The lowest BCUT2D eigenvalue weighted by atomic mass is 10.6. The van der Waals surface area contributed by atoms with E-state index < -0.39 is 0 Å². The number of halogens is 2. The monoisotopic (exact) mass is 166 g/mol. The Bertz CT molecular complexity index is 110. The second-order valence-corrected chi connectivity index (χ2v) is 1.92. The van der Waals surface area contributed by atoms with E-state index in [2.05, 4.69) is 0 Å². The van der Waals surface area contributed by atoms with Crippen molar-refractivity contribution in [3.05, 3.63) is 11.2 Å². The number of rotatable bonds is 2. The first-order valence-electron chi connectivity index (χ1n) is 2.19. The van der Waals surface area contributed by atoms with Gasteiger partial charge in [0.05, 0.1) is 6.08 Å². The molecule has 0 aromatic heterocycles. The van der Waals surface area contributed by atoms with Crippen LogP contribution < -0.4 is 17.8 Å². The Balaban J connectivity index is 0. The van der Waals surface area contributed by atoms with Crippen LogP contribution in [0.25, 0.3) is 0 Å². The highest BCUT2D eigenvalue weighted by Gasteiger charge is 1.91. The van der Waals surface area contributed by atoms with Gasteiger partial charge in [0.25, 0.3) is 0 Å². The minimum absolute atomic E-state index is 0. The summed E-state index contributed by atoms with van der Waals surface area (Å²) in [4.78, 5) is 1.69. The molecule has 0 unspecified atom stereocenters. The van der Waals surface area contributed by atoms with E-state index in [1.54, 1.807) is 19.0 Å². The minimum Gasteiger partial charge on any atom is -1.00 e. The van der Waals surface area contributed by atoms with E-state index in [9.17, 15) is 0 Å². The molecule has 4 heteroatoms. The van der Waals surface area contributed by atoms with Crippen LogP contribution >= 0.6 is 11.6 Å². The van der Waals surface area contributed by atoms with E-state index in [0.29, 0.717) is 5.16 Å². The summed E-state index contributed by atoms with van der Waals surface area (Å²) in [6.45, 7) is 0. The summed E-state index contributed by atoms with van der Waals surface area (Å²) in [6, 6.07) is 0. The summed E-state index contributed by atoms with van der Waals surface area (Å²) in [5.74, 6) is 0. The van der Waals surface area contributed by atoms with Crippen LogP contribution in [0.4, 0.5) is 0 Å². The maximum atomic E-state index is 8.17. The Kier molecular flexibility index (Phi) is 7.61. The third-order valence-corrected chi connectivity index (χ3v) is 1.10. The van der Waals surface area contributed by atoms with Crippen LogP contribution in [-0.4, -0.2) is 25.2 Å². The van der Waals surface area contributed by atoms with E-state index in [1.807, 2.05) is 0 Å². The molecule has 0 aromatic rings. The average molecular weight is 167 g/mol. The van der Waals surface area contributed by atoms with Gasteiger partial charge in [0.2, 0.25) is 0 Å². The van der Waals surface area contributed by atoms with E-state index >= 15 is 0 Å². The molecule has 0 N–H and O–H groups in total. The van der Waals surface area contributed by atoms with Crippen molar-refractivity contribution in [3.63, 3.8) is 0 Å². The number of nitrogens with zero attached hydrogens (tertiary/aromatic N) is 2. The predicted molar refractivity (Wildman–Crippen MR) is 35.8 cm³/mol. The van der Waals surface area contributed by atoms with Crippen LogP contribution in [0.2, 0.25) is 0 Å². The highest BCUT2D eigenvalue weighted by molar-refractivity contribution is 6.30. The van der Waals surface area contributed by atoms with Gasteiger partial charge in [-0.05, 0) is 0 Å². The third-order valence-electron chi connectivity index (χ3n) is 0.639. The summed E-state index contributed by atoms with van der Waals surface area (Å²) in [5, 5.41) is 8.68. The van der Waals surface area contributed by atoms with Gasteiger partial charge >= 0.3 is 11.6 Å². The van der Waals surface area contributed by atoms with Crippen molar-refractivity contribution in [1.82, 2.24) is 10.3 Å². The Hall–Kier alpha value is -0.210. The van der Waals surface area contributed by atoms with Gasteiger partial charge in [-0.1, -0.05) is 11.6 Å². The third kappa shape index (κ3) is 5.66. The van der Waals surface area contributed by atoms with Crippen molar-refractivity contribution in [2.24, 2.45) is 0 Å². The fourth-order valence-electron chi connectivity index (χ4n) is 0.211. The van der Waals surface area contributed by atoms with Crippen LogP contribution in [0.5, 0.6) is 0 Å². The molecule has 0 fully saturated rings. The molecule has 0 rings (SSSR count). The first-order valence-corrected chi connectivity index (χ1v) is 2.57. The summed E-state index contributed by atoms with van der Waals surface area (Å²) in [7, 11) is 3.59. The summed E-state index contributed by atoms with van der Waals surface area (Å²) in [5.41, 5.74) is 0. The number of hydrogen-bond acceptors (Lipinski definition) is 1. The Labute approximate surface area is 66.4 Å². The van der Waals surface area contributed by atoms with Crippen LogP contribution in [0.15, 0.2) is 11.2 Å². The van der Waals surface area contributed by atoms with Gasteiger partial charge in [-0.3, -0.25) is 0 Å². The first-order chi connectivity index (χ1) is 3.68. The molecule has 0 amide bonds. The molecule has 2 nitrogen and oxygen atoms in total. The van der Waals surface area contributed by atoms with E-state index in [-0.39, 0.29) is 12.4 Å². The van der Waals surface area contributed by atoms with Crippen LogP contribution in [-0.2, 0) is 0 Å². The molecule has 0 spiro atoms. The van der Waals surface area contributed by atoms with Crippen molar-refractivity contribution >= 4 is 17.8 Å². The number of allylic oxidation sites excluding steroid dienone is 1. The Morgan fingerprint density at radius 1 is 1.56 bits per heavy atom. The highest BCUT2D eigenvalue weighted by atomic mass is 35.5. The molecular formula is C5H8Cl2N2. The molecule has 0 aromatic carbocycles. The second kappa shape index (κ2) is 5.92. The molecule has 0 saturated carbocycles. The van der Waals surface area contributed by atoms with Crippen molar-refractivity contribution in [3.8, 4) is 0 Å². The van der Waals surface area contributed by atoms with Gasteiger partial charge in [-0.15, -0.1) is 0 Å². The lowest BCUT2D eigenvalue weighted by Gasteiger charge is -2.06. The largest absolute Gasteiger partial charge is 1.00 e. The molecule has 0 aliphatic rings. The lowest BCUT2D eigenvalue weighted by Crippen LogP contribution is -3.00.